The number of rotatable bonds is 6. The van der Waals surface area contributed by atoms with Crippen LogP contribution in [0, 0.1) is 11.8 Å². The van der Waals surface area contributed by atoms with E-state index in [1.165, 1.54) is 5.56 Å². The summed E-state index contributed by atoms with van der Waals surface area (Å²) in [5, 5.41) is 3.10. The minimum atomic E-state index is 0.103. The van der Waals surface area contributed by atoms with Gasteiger partial charge in [-0.25, -0.2) is 0 Å². The van der Waals surface area contributed by atoms with Gasteiger partial charge < -0.3 is 11.1 Å². The third-order valence-corrected chi connectivity index (χ3v) is 4.28. The van der Waals surface area contributed by atoms with Crippen molar-refractivity contribution in [2.24, 2.45) is 17.6 Å². The van der Waals surface area contributed by atoms with Crippen LogP contribution in [0.5, 0.6) is 0 Å². The van der Waals surface area contributed by atoms with Crippen molar-refractivity contribution in [3.05, 3.63) is 34.3 Å². The van der Waals surface area contributed by atoms with Gasteiger partial charge in [0.25, 0.3) is 0 Å². The molecule has 1 aromatic carbocycles. The zero-order valence-corrected chi connectivity index (χ0v) is 13.7. The van der Waals surface area contributed by atoms with Gasteiger partial charge in [-0.15, -0.1) is 0 Å². The van der Waals surface area contributed by atoms with Crippen LogP contribution in [-0.4, -0.2) is 18.5 Å². The van der Waals surface area contributed by atoms with E-state index in [4.69, 9.17) is 5.73 Å². The lowest BCUT2D eigenvalue weighted by Gasteiger charge is -2.18. The van der Waals surface area contributed by atoms with Crippen LogP contribution < -0.4 is 11.1 Å². The molecule has 0 bridgehead atoms. The van der Waals surface area contributed by atoms with Gasteiger partial charge in [0.15, 0.2) is 0 Å². The molecule has 0 heterocycles. The Morgan fingerprint density at radius 2 is 2.25 bits per heavy atom. The zero-order valence-electron chi connectivity index (χ0n) is 12.1. The molecule has 1 amide bonds. The Morgan fingerprint density at radius 1 is 1.50 bits per heavy atom. The maximum absolute atomic E-state index is 12.2. The third-order valence-electron chi connectivity index (χ3n) is 3.79. The van der Waals surface area contributed by atoms with Crippen LogP contribution in [-0.2, 0) is 4.79 Å². The molecular weight excluding hydrogens is 316 g/mol. The molecule has 0 spiro atoms. The van der Waals surface area contributed by atoms with Crippen LogP contribution in [0.1, 0.15) is 38.2 Å². The average Bonchev–Trinajstić information content (AvgIpc) is 3.17. The van der Waals surface area contributed by atoms with Gasteiger partial charge in [0.2, 0.25) is 5.91 Å². The van der Waals surface area contributed by atoms with Crippen molar-refractivity contribution < 1.29 is 4.79 Å². The van der Waals surface area contributed by atoms with E-state index in [0.29, 0.717) is 18.4 Å². The molecule has 20 heavy (non-hydrogen) atoms. The van der Waals surface area contributed by atoms with Gasteiger partial charge in [-0.2, -0.15) is 0 Å². The Balaban J connectivity index is 1.89. The Morgan fingerprint density at radius 3 is 2.85 bits per heavy atom. The van der Waals surface area contributed by atoms with Crippen LogP contribution >= 0.6 is 15.9 Å². The van der Waals surface area contributed by atoms with Gasteiger partial charge in [0.1, 0.15) is 0 Å². The number of hydrogen-bond acceptors (Lipinski definition) is 2. The summed E-state index contributed by atoms with van der Waals surface area (Å²) in [6.45, 7) is 4.81. The van der Waals surface area contributed by atoms with E-state index >= 15 is 0 Å². The standard InChI is InChI=1S/C16H23BrN2O/c1-10(2)6-13(9-18)19-16(20)15-8-14(15)11-4-3-5-12(17)7-11/h3-5,7,10,13-15H,6,8-9,18H2,1-2H3,(H,19,20). The second-order valence-corrected chi connectivity index (χ2v) is 6.99. The van der Waals surface area contributed by atoms with E-state index in [2.05, 4.69) is 47.2 Å². The topological polar surface area (TPSA) is 55.1 Å². The highest BCUT2D eigenvalue weighted by atomic mass is 79.9. The number of carbonyl (C=O) groups excluding carboxylic acids is 1. The first-order valence-corrected chi connectivity index (χ1v) is 8.06. The van der Waals surface area contributed by atoms with Gasteiger partial charge in [-0.1, -0.05) is 41.9 Å². The number of halogens is 1. The van der Waals surface area contributed by atoms with Crippen LogP contribution in [0.25, 0.3) is 0 Å². The van der Waals surface area contributed by atoms with Crippen molar-refractivity contribution in [1.29, 1.82) is 0 Å². The van der Waals surface area contributed by atoms with Crippen molar-refractivity contribution >= 4 is 21.8 Å². The molecule has 1 aliphatic carbocycles. The fourth-order valence-corrected chi connectivity index (χ4v) is 3.10. The third kappa shape index (κ3) is 4.06. The molecule has 0 radical (unpaired) electrons. The summed E-state index contributed by atoms with van der Waals surface area (Å²) in [5.41, 5.74) is 6.98. The lowest BCUT2D eigenvalue weighted by molar-refractivity contribution is -0.123. The van der Waals surface area contributed by atoms with Gasteiger partial charge in [0, 0.05) is 23.0 Å². The van der Waals surface area contributed by atoms with Crippen LogP contribution in [0.15, 0.2) is 28.7 Å². The quantitative estimate of drug-likeness (QED) is 0.837. The van der Waals surface area contributed by atoms with Crippen LogP contribution in [0.2, 0.25) is 0 Å². The minimum absolute atomic E-state index is 0.103. The molecule has 3 nitrogen and oxygen atoms in total. The maximum Gasteiger partial charge on any atom is 0.224 e. The first-order chi connectivity index (χ1) is 9.51. The molecule has 2 rings (SSSR count). The summed E-state index contributed by atoms with van der Waals surface area (Å²) in [7, 11) is 0. The molecule has 0 aromatic heterocycles. The molecule has 0 aliphatic heterocycles. The fourth-order valence-electron chi connectivity index (χ4n) is 2.68. The second-order valence-electron chi connectivity index (χ2n) is 6.07. The van der Waals surface area contributed by atoms with Crippen molar-refractivity contribution in [3.8, 4) is 0 Å². The summed E-state index contributed by atoms with van der Waals surface area (Å²) >= 11 is 3.48. The smallest absolute Gasteiger partial charge is 0.224 e. The Labute approximate surface area is 129 Å². The lowest BCUT2D eigenvalue weighted by atomic mass is 10.0. The Bertz CT molecular complexity index is 475. The zero-order chi connectivity index (χ0) is 14.7. The highest BCUT2D eigenvalue weighted by Gasteiger charge is 2.44. The second kappa shape index (κ2) is 6.72. The van der Waals surface area contributed by atoms with E-state index in [-0.39, 0.29) is 17.9 Å². The lowest BCUT2D eigenvalue weighted by Crippen LogP contribution is -2.41. The normalized spacial score (nSPS) is 22.6. The number of hydrogen-bond donors (Lipinski definition) is 2. The summed E-state index contributed by atoms with van der Waals surface area (Å²) in [5.74, 6) is 1.19. The average molecular weight is 339 g/mol. The molecule has 1 aliphatic rings. The molecule has 3 unspecified atom stereocenters. The van der Waals surface area contributed by atoms with Crippen molar-refractivity contribution in [3.63, 3.8) is 0 Å². The highest BCUT2D eigenvalue weighted by molar-refractivity contribution is 9.10. The van der Waals surface area contributed by atoms with E-state index in [1.54, 1.807) is 0 Å². The van der Waals surface area contributed by atoms with E-state index in [1.807, 2.05) is 12.1 Å². The number of nitrogens with one attached hydrogen (secondary N) is 1. The van der Waals surface area contributed by atoms with Crippen molar-refractivity contribution in [2.75, 3.05) is 6.54 Å². The molecular formula is C16H23BrN2O. The van der Waals surface area contributed by atoms with Gasteiger partial charge in [0.05, 0.1) is 0 Å². The minimum Gasteiger partial charge on any atom is -0.352 e. The number of amides is 1. The van der Waals surface area contributed by atoms with Crippen molar-refractivity contribution in [2.45, 2.75) is 38.6 Å². The van der Waals surface area contributed by atoms with Crippen LogP contribution in [0.3, 0.4) is 0 Å². The van der Waals surface area contributed by atoms with E-state index in [0.717, 1.165) is 17.3 Å². The molecule has 0 saturated heterocycles. The highest BCUT2D eigenvalue weighted by Crippen LogP contribution is 2.48. The maximum atomic E-state index is 12.2. The molecule has 1 aromatic rings. The fraction of sp³-hybridized carbons (Fsp3) is 0.562. The molecule has 1 fully saturated rings. The van der Waals surface area contributed by atoms with Crippen LogP contribution in [0.4, 0.5) is 0 Å². The Hall–Kier alpha value is -0.870. The molecule has 3 atom stereocenters. The summed E-state index contributed by atoms with van der Waals surface area (Å²) < 4.78 is 1.07. The van der Waals surface area contributed by atoms with Crippen molar-refractivity contribution in [1.82, 2.24) is 5.32 Å². The first kappa shape index (κ1) is 15.5. The largest absolute Gasteiger partial charge is 0.352 e. The SMILES string of the molecule is CC(C)CC(CN)NC(=O)C1CC1c1cccc(Br)c1. The number of carbonyl (C=O) groups is 1. The number of benzene rings is 1. The van der Waals surface area contributed by atoms with Gasteiger partial charge in [-0.05, 0) is 42.4 Å². The number of nitrogens with two attached hydrogens (primary N) is 1. The summed E-state index contributed by atoms with van der Waals surface area (Å²) in [4.78, 5) is 12.2. The predicted octanol–water partition coefficient (Wildman–Crippen LogP) is 3.04. The van der Waals surface area contributed by atoms with Gasteiger partial charge in [-0.3, -0.25) is 4.79 Å². The first-order valence-electron chi connectivity index (χ1n) is 7.27. The molecule has 1 saturated carbocycles. The predicted molar refractivity (Wildman–Crippen MR) is 85.4 cm³/mol. The van der Waals surface area contributed by atoms with E-state index in [9.17, 15) is 4.79 Å². The van der Waals surface area contributed by atoms with E-state index < -0.39 is 0 Å². The molecule has 110 valence electrons. The monoisotopic (exact) mass is 338 g/mol. The molecule has 4 heteroatoms. The molecule has 3 N–H and O–H groups in total. The summed E-state index contributed by atoms with van der Waals surface area (Å²) in [6, 6.07) is 8.33. The Kier molecular flexibility index (Phi) is 5.22. The van der Waals surface area contributed by atoms with Gasteiger partial charge >= 0.3 is 0 Å². The summed E-state index contributed by atoms with van der Waals surface area (Å²) in [6.07, 6.45) is 1.89.